The first kappa shape index (κ1) is 20.9. The molecule has 0 spiro atoms. The second kappa shape index (κ2) is 10.1. The van der Waals surface area contributed by atoms with E-state index in [2.05, 4.69) is 18.6 Å². The first-order valence-corrected chi connectivity index (χ1v) is 9.63. The van der Waals surface area contributed by atoms with E-state index in [1.165, 1.54) is 12.7 Å². The van der Waals surface area contributed by atoms with Gasteiger partial charge in [0.25, 0.3) is 5.91 Å². The van der Waals surface area contributed by atoms with Crippen molar-refractivity contribution in [3.05, 3.63) is 35.4 Å². The Labute approximate surface area is 161 Å². The van der Waals surface area contributed by atoms with Gasteiger partial charge in [0.1, 0.15) is 0 Å². The van der Waals surface area contributed by atoms with E-state index in [1.54, 1.807) is 4.90 Å². The number of amides is 2. The molecule has 2 rings (SSSR count). The molecule has 2 amide bonds. The van der Waals surface area contributed by atoms with E-state index in [9.17, 15) is 14.4 Å². The Hall–Kier alpha value is -2.37. The topological polar surface area (TPSA) is 66.9 Å². The molecule has 0 saturated carbocycles. The van der Waals surface area contributed by atoms with Crippen molar-refractivity contribution in [3.8, 4) is 0 Å². The van der Waals surface area contributed by atoms with E-state index in [4.69, 9.17) is 0 Å². The van der Waals surface area contributed by atoms with Gasteiger partial charge in [-0.1, -0.05) is 26.0 Å². The Morgan fingerprint density at radius 1 is 0.963 bits per heavy atom. The molecule has 1 aromatic carbocycles. The first-order valence-electron chi connectivity index (χ1n) is 9.63. The van der Waals surface area contributed by atoms with E-state index in [0.717, 1.165) is 12.8 Å². The lowest BCUT2D eigenvalue weighted by atomic mass is 10.0. The Morgan fingerprint density at radius 3 is 2.22 bits per heavy atom. The van der Waals surface area contributed by atoms with Crippen LogP contribution in [0, 0.1) is 5.92 Å². The summed E-state index contributed by atoms with van der Waals surface area (Å²) in [7, 11) is 1.32. The van der Waals surface area contributed by atoms with Gasteiger partial charge in [0.2, 0.25) is 5.91 Å². The summed E-state index contributed by atoms with van der Waals surface area (Å²) in [6.07, 6.45) is 1.98. The zero-order valence-corrected chi connectivity index (χ0v) is 16.6. The summed E-state index contributed by atoms with van der Waals surface area (Å²) in [6, 6.07) is 7.83. The van der Waals surface area contributed by atoms with Gasteiger partial charge < -0.3 is 14.5 Å². The molecule has 0 aliphatic carbocycles. The fourth-order valence-corrected chi connectivity index (χ4v) is 3.28. The largest absolute Gasteiger partial charge is 0.469 e. The van der Waals surface area contributed by atoms with E-state index in [0.29, 0.717) is 37.7 Å². The monoisotopic (exact) mass is 374 g/mol. The molecule has 0 bridgehead atoms. The molecular formula is C21H30N2O4. The normalized spacial score (nSPS) is 14.8. The Kier molecular flexibility index (Phi) is 7.82. The van der Waals surface area contributed by atoms with E-state index in [1.807, 2.05) is 29.2 Å². The summed E-state index contributed by atoms with van der Waals surface area (Å²) in [6.45, 7) is 6.60. The van der Waals surface area contributed by atoms with E-state index >= 15 is 0 Å². The number of carbonyl (C=O) groups excluding carboxylic acids is 3. The molecule has 6 nitrogen and oxygen atoms in total. The molecule has 0 unspecified atom stereocenters. The van der Waals surface area contributed by atoms with Gasteiger partial charge in [0.15, 0.2) is 0 Å². The van der Waals surface area contributed by atoms with Crippen LogP contribution >= 0.6 is 0 Å². The molecule has 0 N–H and O–H groups in total. The van der Waals surface area contributed by atoms with Crippen LogP contribution < -0.4 is 0 Å². The van der Waals surface area contributed by atoms with Crippen LogP contribution in [0.2, 0.25) is 0 Å². The highest BCUT2D eigenvalue weighted by Crippen LogP contribution is 2.14. The maximum Gasteiger partial charge on any atom is 0.306 e. The maximum absolute atomic E-state index is 12.8. The third kappa shape index (κ3) is 6.38. The fraction of sp³-hybridized carbons (Fsp3) is 0.571. The molecule has 1 aliphatic rings. The quantitative estimate of drug-likeness (QED) is 0.718. The molecule has 0 atom stereocenters. The van der Waals surface area contributed by atoms with Gasteiger partial charge in [-0.2, -0.15) is 0 Å². The van der Waals surface area contributed by atoms with Gasteiger partial charge in [0, 0.05) is 38.2 Å². The fourth-order valence-electron chi connectivity index (χ4n) is 3.28. The summed E-state index contributed by atoms with van der Waals surface area (Å²) in [5.41, 5.74) is 1.92. The van der Waals surface area contributed by atoms with Crippen LogP contribution in [0.1, 0.15) is 49.0 Å². The Morgan fingerprint density at radius 2 is 1.59 bits per heavy atom. The van der Waals surface area contributed by atoms with Crippen LogP contribution in [-0.2, 0) is 20.7 Å². The van der Waals surface area contributed by atoms with Crippen molar-refractivity contribution in [1.82, 2.24) is 9.80 Å². The van der Waals surface area contributed by atoms with Gasteiger partial charge in [-0.25, -0.2) is 0 Å². The van der Waals surface area contributed by atoms with Crippen LogP contribution in [0.25, 0.3) is 0 Å². The Bertz CT molecular complexity index is 655. The number of hydrogen-bond donors (Lipinski definition) is 0. The predicted molar refractivity (Wildman–Crippen MR) is 103 cm³/mol. The average Bonchev–Trinajstić information content (AvgIpc) is 2.91. The average molecular weight is 374 g/mol. The van der Waals surface area contributed by atoms with Crippen LogP contribution in [-0.4, -0.2) is 60.9 Å². The highest BCUT2D eigenvalue weighted by Gasteiger charge is 2.23. The molecule has 0 radical (unpaired) electrons. The SMILES string of the molecule is COC(=O)CCC(=O)N1CCCN(C(=O)c2ccc(CC(C)C)cc2)CC1. The molecule has 1 heterocycles. The lowest BCUT2D eigenvalue weighted by Crippen LogP contribution is -2.37. The number of carbonyl (C=O) groups is 3. The summed E-state index contributed by atoms with van der Waals surface area (Å²) in [5, 5.41) is 0. The third-order valence-corrected chi connectivity index (χ3v) is 4.75. The third-order valence-electron chi connectivity index (χ3n) is 4.75. The highest BCUT2D eigenvalue weighted by atomic mass is 16.5. The molecule has 6 heteroatoms. The molecule has 1 aromatic rings. The van der Waals surface area contributed by atoms with Crippen molar-refractivity contribution < 1.29 is 19.1 Å². The van der Waals surface area contributed by atoms with Crippen molar-refractivity contribution in [3.63, 3.8) is 0 Å². The summed E-state index contributed by atoms with van der Waals surface area (Å²) < 4.78 is 4.58. The van der Waals surface area contributed by atoms with Crippen molar-refractivity contribution >= 4 is 17.8 Å². The summed E-state index contributed by atoms with van der Waals surface area (Å²) in [5.74, 6) is 0.151. The smallest absolute Gasteiger partial charge is 0.306 e. The van der Waals surface area contributed by atoms with Crippen molar-refractivity contribution in [1.29, 1.82) is 0 Å². The molecule has 1 fully saturated rings. The molecule has 1 aliphatic heterocycles. The zero-order chi connectivity index (χ0) is 19.8. The number of rotatable bonds is 6. The van der Waals surface area contributed by atoms with Crippen LogP contribution in [0.5, 0.6) is 0 Å². The van der Waals surface area contributed by atoms with Crippen molar-refractivity contribution in [2.24, 2.45) is 5.92 Å². The number of ether oxygens (including phenoxy) is 1. The van der Waals surface area contributed by atoms with Gasteiger partial charge in [0.05, 0.1) is 13.5 Å². The minimum atomic E-state index is -0.379. The van der Waals surface area contributed by atoms with Gasteiger partial charge in [-0.05, 0) is 36.5 Å². The molecule has 1 saturated heterocycles. The summed E-state index contributed by atoms with van der Waals surface area (Å²) >= 11 is 0. The number of nitrogens with zero attached hydrogens (tertiary/aromatic N) is 2. The van der Waals surface area contributed by atoms with Crippen LogP contribution in [0.4, 0.5) is 0 Å². The minimum absolute atomic E-state index is 0.00922. The van der Waals surface area contributed by atoms with E-state index < -0.39 is 0 Å². The number of esters is 1. The van der Waals surface area contributed by atoms with Crippen LogP contribution in [0.3, 0.4) is 0 Å². The van der Waals surface area contributed by atoms with Gasteiger partial charge in [-0.15, -0.1) is 0 Å². The van der Waals surface area contributed by atoms with Gasteiger partial charge in [-0.3, -0.25) is 14.4 Å². The first-order chi connectivity index (χ1) is 12.9. The highest BCUT2D eigenvalue weighted by molar-refractivity contribution is 5.94. The molecular weight excluding hydrogens is 344 g/mol. The molecule has 0 aromatic heterocycles. The lowest BCUT2D eigenvalue weighted by molar-refractivity contribution is -0.143. The Balaban J connectivity index is 1.90. The van der Waals surface area contributed by atoms with Crippen molar-refractivity contribution in [2.45, 2.75) is 39.5 Å². The van der Waals surface area contributed by atoms with E-state index in [-0.39, 0.29) is 30.6 Å². The second-order valence-corrected chi connectivity index (χ2v) is 7.40. The minimum Gasteiger partial charge on any atom is -0.469 e. The number of hydrogen-bond acceptors (Lipinski definition) is 4. The maximum atomic E-state index is 12.8. The zero-order valence-electron chi connectivity index (χ0n) is 16.6. The van der Waals surface area contributed by atoms with Gasteiger partial charge >= 0.3 is 5.97 Å². The van der Waals surface area contributed by atoms with Crippen LogP contribution in [0.15, 0.2) is 24.3 Å². The number of benzene rings is 1. The summed E-state index contributed by atoms with van der Waals surface area (Å²) in [4.78, 5) is 39.8. The molecule has 27 heavy (non-hydrogen) atoms. The second-order valence-electron chi connectivity index (χ2n) is 7.40. The molecule has 148 valence electrons. The predicted octanol–water partition coefficient (Wildman–Crippen LogP) is 2.51. The number of methoxy groups -OCH3 is 1. The lowest BCUT2D eigenvalue weighted by Gasteiger charge is -2.22. The standard InChI is InChI=1S/C21H30N2O4/c1-16(2)15-17-5-7-18(8-6-17)21(26)23-12-4-11-22(13-14-23)19(24)9-10-20(25)27-3/h5-8,16H,4,9-15H2,1-3H3. The van der Waals surface area contributed by atoms with Crippen molar-refractivity contribution in [2.75, 3.05) is 33.3 Å².